The Hall–Kier alpha value is -2.82. The van der Waals surface area contributed by atoms with Gasteiger partial charge in [-0.25, -0.2) is 0 Å². The highest BCUT2D eigenvalue weighted by Gasteiger charge is 2.30. The van der Waals surface area contributed by atoms with E-state index in [9.17, 15) is 9.59 Å². The highest BCUT2D eigenvalue weighted by molar-refractivity contribution is 5.88. The van der Waals surface area contributed by atoms with Gasteiger partial charge in [0.2, 0.25) is 5.91 Å². The number of amides is 2. The molecule has 0 saturated heterocycles. The van der Waals surface area contributed by atoms with E-state index < -0.39 is 6.04 Å². The molecule has 1 atom stereocenters. The lowest BCUT2D eigenvalue weighted by Gasteiger charge is -2.33. The minimum absolute atomic E-state index is 0.117. The maximum Gasteiger partial charge on any atom is 0.261 e. The Kier molecular flexibility index (Phi) is 8.04. The molecule has 2 rings (SSSR count). The first-order chi connectivity index (χ1) is 14.1. The fourth-order valence-electron chi connectivity index (χ4n) is 3.13. The predicted molar refractivity (Wildman–Crippen MR) is 120 cm³/mol. The standard InChI is InChI=1S/C25H34N2O3/c1-7-22(24(29)26-25(4,5)6)27(16-20-12-8-18(2)9-13-20)23(28)17-30-21-14-10-19(3)11-15-21/h8-15,22H,7,16-17H2,1-6H3,(H,26,29)/t22-/m1/s1. The Morgan fingerprint density at radius 3 is 2.00 bits per heavy atom. The first kappa shape index (κ1) is 23.5. The van der Waals surface area contributed by atoms with Gasteiger partial charge in [0.25, 0.3) is 5.91 Å². The van der Waals surface area contributed by atoms with Gasteiger partial charge < -0.3 is 15.0 Å². The molecule has 0 aliphatic rings. The van der Waals surface area contributed by atoms with Crippen molar-refractivity contribution in [3.8, 4) is 5.75 Å². The Morgan fingerprint density at radius 2 is 1.50 bits per heavy atom. The van der Waals surface area contributed by atoms with Crippen molar-refractivity contribution in [3.05, 3.63) is 65.2 Å². The summed E-state index contributed by atoms with van der Waals surface area (Å²) in [6.45, 7) is 12.0. The van der Waals surface area contributed by atoms with Gasteiger partial charge in [-0.1, -0.05) is 54.4 Å². The van der Waals surface area contributed by atoms with Crippen LogP contribution in [0.1, 0.15) is 50.8 Å². The molecule has 1 N–H and O–H groups in total. The van der Waals surface area contributed by atoms with Crippen LogP contribution in [0.3, 0.4) is 0 Å². The topological polar surface area (TPSA) is 58.6 Å². The largest absolute Gasteiger partial charge is 0.484 e. The Labute approximate surface area is 180 Å². The summed E-state index contributed by atoms with van der Waals surface area (Å²) < 4.78 is 5.71. The van der Waals surface area contributed by atoms with E-state index in [-0.39, 0.29) is 24.0 Å². The van der Waals surface area contributed by atoms with Crippen LogP contribution in [-0.2, 0) is 16.1 Å². The summed E-state index contributed by atoms with van der Waals surface area (Å²) in [5, 5.41) is 3.01. The number of nitrogens with zero attached hydrogens (tertiary/aromatic N) is 1. The molecule has 30 heavy (non-hydrogen) atoms. The average Bonchev–Trinajstić information content (AvgIpc) is 2.67. The van der Waals surface area contributed by atoms with Crippen LogP contribution >= 0.6 is 0 Å². The molecule has 0 aliphatic carbocycles. The smallest absolute Gasteiger partial charge is 0.261 e. The fraction of sp³-hybridized carbons (Fsp3) is 0.440. The van der Waals surface area contributed by atoms with E-state index in [1.165, 1.54) is 0 Å². The Bertz CT molecular complexity index is 836. The van der Waals surface area contributed by atoms with Crippen LogP contribution in [0.5, 0.6) is 5.75 Å². The fourth-order valence-corrected chi connectivity index (χ4v) is 3.13. The Balaban J connectivity index is 2.21. The second-order valence-electron chi connectivity index (χ2n) is 8.77. The van der Waals surface area contributed by atoms with Gasteiger partial charge in [-0.15, -0.1) is 0 Å². The monoisotopic (exact) mass is 410 g/mol. The van der Waals surface area contributed by atoms with Gasteiger partial charge in [-0.2, -0.15) is 0 Å². The summed E-state index contributed by atoms with van der Waals surface area (Å²) in [5.41, 5.74) is 2.88. The highest BCUT2D eigenvalue weighted by atomic mass is 16.5. The molecule has 0 saturated carbocycles. The number of carbonyl (C=O) groups excluding carboxylic acids is 2. The molecule has 2 aromatic rings. The van der Waals surface area contributed by atoms with E-state index in [1.54, 1.807) is 4.90 Å². The van der Waals surface area contributed by atoms with E-state index in [4.69, 9.17) is 4.74 Å². The van der Waals surface area contributed by atoms with Crippen molar-refractivity contribution in [1.29, 1.82) is 0 Å². The number of nitrogens with one attached hydrogen (secondary N) is 1. The van der Waals surface area contributed by atoms with Crippen molar-refractivity contribution in [2.75, 3.05) is 6.61 Å². The molecule has 5 heteroatoms. The number of aryl methyl sites for hydroxylation is 2. The molecule has 2 amide bonds. The van der Waals surface area contributed by atoms with Crippen LogP contribution in [-0.4, -0.2) is 34.9 Å². The lowest BCUT2D eigenvalue weighted by Crippen LogP contribution is -2.54. The molecule has 0 aliphatic heterocycles. The first-order valence-electron chi connectivity index (χ1n) is 10.5. The number of carbonyl (C=O) groups is 2. The van der Waals surface area contributed by atoms with Gasteiger partial charge in [-0.05, 0) is 58.7 Å². The number of hydrogen-bond donors (Lipinski definition) is 1. The summed E-state index contributed by atoms with van der Waals surface area (Å²) in [7, 11) is 0. The maximum absolute atomic E-state index is 13.1. The quantitative estimate of drug-likeness (QED) is 0.701. The number of rotatable bonds is 8. The van der Waals surface area contributed by atoms with Gasteiger partial charge in [-0.3, -0.25) is 9.59 Å². The molecule has 5 nitrogen and oxygen atoms in total. The third-order valence-corrected chi connectivity index (χ3v) is 4.74. The van der Waals surface area contributed by atoms with Crippen molar-refractivity contribution in [2.45, 2.75) is 66.1 Å². The molecule has 0 spiro atoms. The Morgan fingerprint density at radius 1 is 0.967 bits per heavy atom. The second-order valence-corrected chi connectivity index (χ2v) is 8.77. The molecule has 0 radical (unpaired) electrons. The zero-order valence-corrected chi connectivity index (χ0v) is 19.0. The summed E-state index contributed by atoms with van der Waals surface area (Å²) in [4.78, 5) is 27.7. The van der Waals surface area contributed by atoms with Gasteiger partial charge >= 0.3 is 0 Å². The summed E-state index contributed by atoms with van der Waals surface area (Å²) in [6, 6.07) is 15.0. The first-order valence-corrected chi connectivity index (χ1v) is 10.5. The minimum atomic E-state index is -0.570. The van der Waals surface area contributed by atoms with Crippen LogP contribution in [0.15, 0.2) is 48.5 Å². The molecule has 0 heterocycles. The number of hydrogen-bond acceptors (Lipinski definition) is 3. The minimum Gasteiger partial charge on any atom is -0.484 e. The lowest BCUT2D eigenvalue weighted by atomic mass is 10.1. The van der Waals surface area contributed by atoms with Gasteiger partial charge in [0.15, 0.2) is 6.61 Å². The third-order valence-electron chi connectivity index (χ3n) is 4.74. The summed E-state index contributed by atoms with van der Waals surface area (Å²) in [6.07, 6.45) is 0.518. The molecule has 0 aromatic heterocycles. The molecular weight excluding hydrogens is 376 g/mol. The molecule has 2 aromatic carbocycles. The molecule has 0 fully saturated rings. The van der Waals surface area contributed by atoms with Gasteiger partial charge in [0.1, 0.15) is 11.8 Å². The van der Waals surface area contributed by atoms with E-state index in [1.807, 2.05) is 90.1 Å². The molecule has 0 unspecified atom stereocenters. The SMILES string of the molecule is CC[C@H](C(=O)NC(C)(C)C)N(Cc1ccc(C)cc1)C(=O)COc1ccc(C)cc1. The van der Waals surface area contributed by atoms with E-state index in [0.29, 0.717) is 18.7 Å². The molecule has 162 valence electrons. The summed E-state index contributed by atoms with van der Waals surface area (Å²) >= 11 is 0. The second kappa shape index (κ2) is 10.3. The average molecular weight is 411 g/mol. The zero-order chi connectivity index (χ0) is 22.3. The van der Waals surface area contributed by atoms with Gasteiger partial charge in [0, 0.05) is 12.1 Å². The zero-order valence-electron chi connectivity index (χ0n) is 19.0. The number of ether oxygens (including phenoxy) is 1. The summed E-state index contributed by atoms with van der Waals surface area (Å²) in [5.74, 6) is 0.268. The highest BCUT2D eigenvalue weighted by Crippen LogP contribution is 2.16. The molecule has 0 bridgehead atoms. The van der Waals surface area contributed by atoms with Crippen molar-refractivity contribution < 1.29 is 14.3 Å². The maximum atomic E-state index is 13.1. The van der Waals surface area contributed by atoms with Crippen LogP contribution < -0.4 is 10.1 Å². The van der Waals surface area contributed by atoms with Crippen LogP contribution in [0.4, 0.5) is 0 Å². The lowest BCUT2D eigenvalue weighted by molar-refractivity contribution is -0.143. The predicted octanol–water partition coefficient (Wildman–Crippen LogP) is 4.40. The number of benzene rings is 2. The van der Waals surface area contributed by atoms with E-state index in [2.05, 4.69) is 5.32 Å². The van der Waals surface area contributed by atoms with Crippen molar-refractivity contribution in [2.24, 2.45) is 0 Å². The van der Waals surface area contributed by atoms with Crippen molar-refractivity contribution in [3.63, 3.8) is 0 Å². The van der Waals surface area contributed by atoms with Crippen LogP contribution in [0.25, 0.3) is 0 Å². The third kappa shape index (κ3) is 7.21. The van der Waals surface area contributed by atoms with E-state index >= 15 is 0 Å². The van der Waals surface area contributed by atoms with Gasteiger partial charge in [0.05, 0.1) is 0 Å². The molecular formula is C25H34N2O3. The van der Waals surface area contributed by atoms with Crippen molar-refractivity contribution >= 4 is 11.8 Å². The van der Waals surface area contributed by atoms with Crippen molar-refractivity contribution in [1.82, 2.24) is 10.2 Å². The normalized spacial score (nSPS) is 12.2. The van der Waals surface area contributed by atoms with E-state index in [0.717, 1.165) is 16.7 Å². The van der Waals surface area contributed by atoms with Crippen LogP contribution in [0, 0.1) is 13.8 Å². The van der Waals surface area contributed by atoms with Crippen LogP contribution in [0.2, 0.25) is 0 Å².